The number of aromatic nitrogens is 2. The lowest BCUT2D eigenvalue weighted by atomic mass is 10.0. The monoisotopic (exact) mass is 264 g/mol. The second kappa shape index (κ2) is 5.03. The number of carbonyl (C=O) groups is 2. The van der Waals surface area contributed by atoms with Crippen LogP contribution in [-0.2, 0) is 23.1 Å². The van der Waals surface area contributed by atoms with Gasteiger partial charge in [-0.25, -0.2) is 0 Å². The summed E-state index contributed by atoms with van der Waals surface area (Å²) in [6.45, 7) is 4.59. The summed E-state index contributed by atoms with van der Waals surface area (Å²) in [6.07, 6.45) is 4.86. The molecule has 1 saturated heterocycles. The molecule has 2 amide bonds. The van der Waals surface area contributed by atoms with Gasteiger partial charge in [0.25, 0.3) is 0 Å². The molecule has 2 heterocycles. The zero-order valence-corrected chi connectivity index (χ0v) is 11.6. The summed E-state index contributed by atoms with van der Waals surface area (Å²) < 4.78 is 1.74. The van der Waals surface area contributed by atoms with Crippen molar-refractivity contribution in [2.45, 2.75) is 32.2 Å². The predicted molar refractivity (Wildman–Crippen MR) is 70.3 cm³/mol. The lowest BCUT2D eigenvalue weighted by Gasteiger charge is -2.28. The van der Waals surface area contributed by atoms with E-state index in [0.29, 0.717) is 19.5 Å². The summed E-state index contributed by atoms with van der Waals surface area (Å²) in [5, 5.41) is 6.86. The van der Waals surface area contributed by atoms with Gasteiger partial charge in [-0.1, -0.05) is 0 Å². The Balaban J connectivity index is 2.02. The molecule has 1 fully saturated rings. The molecule has 0 atom stereocenters. The van der Waals surface area contributed by atoms with Crippen molar-refractivity contribution < 1.29 is 9.59 Å². The highest BCUT2D eigenvalue weighted by molar-refractivity contribution is 5.92. The van der Waals surface area contributed by atoms with Crippen molar-refractivity contribution in [3.05, 3.63) is 18.0 Å². The maximum absolute atomic E-state index is 12.3. The molecule has 1 N–H and O–H groups in total. The van der Waals surface area contributed by atoms with Crippen molar-refractivity contribution in [2.24, 2.45) is 7.05 Å². The molecule has 0 aliphatic carbocycles. The van der Waals surface area contributed by atoms with E-state index in [1.807, 2.05) is 13.2 Å². The van der Waals surface area contributed by atoms with Gasteiger partial charge in [-0.15, -0.1) is 0 Å². The van der Waals surface area contributed by atoms with Crippen LogP contribution in [0.3, 0.4) is 0 Å². The summed E-state index contributed by atoms with van der Waals surface area (Å²) in [5.74, 6) is -0.0931. The van der Waals surface area contributed by atoms with Crippen LogP contribution in [0.5, 0.6) is 0 Å². The first kappa shape index (κ1) is 13.6. The van der Waals surface area contributed by atoms with Gasteiger partial charge in [0, 0.05) is 32.8 Å². The highest BCUT2D eigenvalue weighted by atomic mass is 16.2. The molecule has 6 nitrogen and oxygen atoms in total. The van der Waals surface area contributed by atoms with Crippen molar-refractivity contribution in [2.75, 3.05) is 13.1 Å². The standard InChI is InChI=1S/C13H20N4O2/c1-13(2)12(19)17(7-5-11(18)15-13)6-4-10-8-14-16(3)9-10/h8-9H,4-7H2,1-3H3,(H,15,18). The SMILES string of the molecule is Cn1cc(CCN2CCC(=O)NC(C)(C)C2=O)cn1. The van der Waals surface area contributed by atoms with Gasteiger partial charge in [-0.2, -0.15) is 5.10 Å². The molecule has 0 aromatic carbocycles. The highest BCUT2D eigenvalue weighted by Gasteiger charge is 2.36. The molecule has 1 aromatic heterocycles. The Hall–Kier alpha value is -1.85. The Kier molecular flexibility index (Phi) is 3.59. The fourth-order valence-electron chi connectivity index (χ4n) is 2.28. The Morgan fingerprint density at radius 1 is 1.42 bits per heavy atom. The van der Waals surface area contributed by atoms with E-state index in [0.717, 1.165) is 12.0 Å². The molecule has 1 aliphatic heterocycles. The van der Waals surface area contributed by atoms with Crippen molar-refractivity contribution in [1.29, 1.82) is 0 Å². The van der Waals surface area contributed by atoms with Gasteiger partial charge < -0.3 is 10.2 Å². The summed E-state index contributed by atoms with van der Waals surface area (Å²) in [7, 11) is 1.87. The van der Waals surface area contributed by atoms with Crippen LogP contribution in [0.25, 0.3) is 0 Å². The Morgan fingerprint density at radius 3 is 2.79 bits per heavy atom. The van der Waals surface area contributed by atoms with Crippen LogP contribution in [0.2, 0.25) is 0 Å². The molecule has 6 heteroatoms. The van der Waals surface area contributed by atoms with E-state index in [9.17, 15) is 9.59 Å². The minimum absolute atomic E-state index is 0.0257. The first-order chi connectivity index (χ1) is 8.88. The minimum Gasteiger partial charge on any atom is -0.342 e. The van der Waals surface area contributed by atoms with Crippen LogP contribution in [0.1, 0.15) is 25.8 Å². The van der Waals surface area contributed by atoms with E-state index in [1.54, 1.807) is 29.6 Å². The van der Waals surface area contributed by atoms with Crippen LogP contribution in [0.15, 0.2) is 12.4 Å². The van der Waals surface area contributed by atoms with Crippen LogP contribution < -0.4 is 5.32 Å². The predicted octanol–water partition coefficient (Wildman–Crippen LogP) is 0.0897. The maximum atomic E-state index is 12.3. The van der Waals surface area contributed by atoms with Crippen LogP contribution in [0.4, 0.5) is 0 Å². The third-order valence-corrected chi connectivity index (χ3v) is 3.31. The summed E-state index contributed by atoms with van der Waals surface area (Å²) in [6, 6.07) is 0. The van der Waals surface area contributed by atoms with Crippen LogP contribution >= 0.6 is 0 Å². The van der Waals surface area contributed by atoms with Gasteiger partial charge in [-0.05, 0) is 25.8 Å². The third-order valence-electron chi connectivity index (χ3n) is 3.31. The zero-order valence-electron chi connectivity index (χ0n) is 11.6. The summed E-state index contributed by atoms with van der Waals surface area (Å²) in [4.78, 5) is 25.6. The average molecular weight is 264 g/mol. The number of hydrogen-bond donors (Lipinski definition) is 1. The van der Waals surface area contributed by atoms with Gasteiger partial charge in [-0.3, -0.25) is 14.3 Å². The molecule has 0 spiro atoms. The molecule has 104 valence electrons. The smallest absolute Gasteiger partial charge is 0.247 e. The molecule has 1 aromatic rings. The van der Waals surface area contributed by atoms with Crippen molar-refractivity contribution in [3.8, 4) is 0 Å². The van der Waals surface area contributed by atoms with Crippen LogP contribution in [0, 0.1) is 0 Å². The second-order valence-corrected chi connectivity index (χ2v) is 5.49. The Labute approximate surface area is 112 Å². The van der Waals surface area contributed by atoms with Crippen molar-refractivity contribution in [3.63, 3.8) is 0 Å². The minimum atomic E-state index is -0.817. The molecule has 2 rings (SSSR count). The lowest BCUT2D eigenvalue weighted by Crippen LogP contribution is -2.53. The second-order valence-electron chi connectivity index (χ2n) is 5.49. The Morgan fingerprint density at radius 2 is 2.16 bits per heavy atom. The van der Waals surface area contributed by atoms with Gasteiger partial charge in [0.05, 0.1) is 6.20 Å². The van der Waals surface area contributed by atoms with Crippen molar-refractivity contribution >= 4 is 11.8 Å². The van der Waals surface area contributed by atoms with E-state index in [-0.39, 0.29) is 11.8 Å². The van der Waals surface area contributed by atoms with E-state index in [1.165, 1.54) is 0 Å². The molecule has 1 aliphatic rings. The molecule has 0 unspecified atom stereocenters. The fraction of sp³-hybridized carbons (Fsp3) is 0.615. The largest absolute Gasteiger partial charge is 0.342 e. The number of nitrogens with one attached hydrogen (secondary N) is 1. The molecular weight excluding hydrogens is 244 g/mol. The van der Waals surface area contributed by atoms with E-state index in [4.69, 9.17) is 0 Å². The molecular formula is C13H20N4O2. The number of nitrogens with zero attached hydrogens (tertiary/aromatic N) is 3. The lowest BCUT2D eigenvalue weighted by molar-refractivity contribution is -0.137. The number of carbonyl (C=O) groups excluding carboxylic acids is 2. The zero-order chi connectivity index (χ0) is 14.0. The van der Waals surface area contributed by atoms with Gasteiger partial charge in [0.15, 0.2) is 0 Å². The first-order valence-electron chi connectivity index (χ1n) is 6.46. The third kappa shape index (κ3) is 3.13. The average Bonchev–Trinajstić information content (AvgIpc) is 2.69. The quantitative estimate of drug-likeness (QED) is 0.841. The number of aryl methyl sites for hydroxylation is 1. The van der Waals surface area contributed by atoms with E-state index >= 15 is 0 Å². The molecule has 0 bridgehead atoms. The molecule has 0 radical (unpaired) electrons. The normalized spacial score (nSPS) is 19.2. The fourth-order valence-corrected chi connectivity index (χ4v) is 2.28. The van der Waals surface area contributed by atoms with Gasteiger partial charge >= 0.3 is 0 Å². The maximum Gasteiger partial charge on any atom is 0.247 e. The van der Waals surface area contributed by atoms with E-state index in [2.05, 4.69) is 10.4 Å². The first-order valence-corrected chi connectivity index (χ1v) is 6.46. The summed E-state index contributed by atoms with van der Waals surface area (Å²) >= 11 is 0. The highest BCUT2D eigenvalue weighted by Crippen LogP contribution is 2.14. The Bertz CT molecular complexity index is 493. The molecule has 0 saturated carbocycles. The number of hydrogen-bond acceptors (Lipinski definition) is 3. The number of amides is 2. The molecule has 19 heavy (non-hydrogen) atoms. The van der Waals surface area contributed by atoms with Crippen molar-refractivity contribution in [1.82, 2.24) is 20.0 Å². The topological polar surface area (TPSA) is 67.2 Å². The van der Waals surface area contributed by atoms with Gasteiger partial charge in [0.2, 0.25) is 11.8 Å². The van der Waals surface area contributed by atoms with E-state index < -0.39 is 5.54 Å². The van der Waals surface area contributed by atoms with Crippen LogP contribution in [-0.4, -0.2) is 45.1 Å². The summed E-state index contributed by atoms with van der Waals surface area (Å²) in [5.41, 5.74) is 0.277. The van der Waals surface area contributed by atoms with Gasteiger partial charge in [0.1, 0.15) is 5.54 Å². The number of rotatable bonds is 3.